The third-order valence-electron chi connectivity index (χ3n) is 13.4. The maximum atomic E-state index is 4.69. The fraction of sp³-hybridized carbons (Fsp3) is 0.0933. The Bertz CT molecular complexity index is 3740. The Kier molecular flexibility index (Phi) is 27.3. The number of aromatic nitrogens is 4. The summed E-state index contributed by atoms with van der Waals surface area (Å²) >= 11 is 0. The van der Waals surface area contributed by atoms with Crippen molar-refractivity contribution < 1.29 is 80.4 Å². The van der Waals surface area contributed by atoms with E-state index in [-0.39, 0.29) is 80.4 Å². The molecule has 0 saturated carbocycles. The van der Waals surface area contributed by atoms with E-state index in [1.807, 2.05) is 140 Å². The standard InChI is InChI=1S/C20H18N.C19H16N.2C18H14N.4Ir/c1-14-6-4-8-17(10-14)19-13-21-20(12-16(19)3)18-9-5-7-15(2)11-18;1-2-15-13-19(17-11-7-4-8-12-17)20-14-18(15)16-9-5-3-6-10-16;1-14-12-18(16-10-6-3-7-11-16)19-13-17(14)15-8-4-2-5-9-15;1-14-17(15-8-4-2-5-9-15)12-13-18(19-14)16-10-6-3-7-11-16;;;;/h4-8,10-13H,1-3H3;3-11,13-14H,2H2,1H3;2*2-10,12-13H,1H3;;;;/q4*-1;;;;. The molecule has 12 rings (SSSR count). The largest absolute Gasteiger partial charge is 0.304 e. The molecule has 83 heavy (non-hydrogen) atoms. The van der Waals surface area contributed by atoms with Crippen molar-refractivity contribution in [3.63, 3.8) is 0 Å². The number of pyridine rings is 4. The maximum absolute atomic E-state index is 4.69. The second kappa shape index (κ2) is 33.9. The van der Waals surface area contributed by atoms with Crippen molar-refractivity contribution in [3.8, 4) is 89.5 Å². The quantitative estimate of drug-likeness (QED) is 0.135. The smallest absolute Gasteiger partial charge is 0.0344 e. The Labute approximate surface area is 545 Å². The van der Waals surface area contributed by atoms with Gasteiger partial charge in [-0.3, -0.25) is 0 Å². The fourth-order valence-electron chi connectivity index (χ4n) is 9.28. The average Bonchev–Trinajstić information content (AvgIpc) is 3.71. The number of aryl methyl sites for hydroxylation is 6. The Balaban J connectivity index is 0.000000200. The summed E-state index contributed by atoms with van der Waals surface area (Å²) in [7, 11) is 0. The van der Waals surface area contributed by atoms with Gasteiger partial charge in [-0.15, -0.1) is 143 Å². The van der Waals surface area contributed by atoms with E-state index in [1.165, 1.54) is 72.3 Å². The number of benzene rings is 8. The van der Waals surface area contributed by atoms with Crippen LogP contribution in [-0.2, 0) is 86.8 Å². The van der Waals surface area contributed by atoms with Crippen LogP contribution in [0.5, 0.6) is 0 Å². The first-order valence-corrected chi connectivity index (χ1v) is 26.7. The van der Waals surface area contributed by atoms with Crippen molar-refractivity contribution in [2.45, 2.75) is 48.0 Å². The predicted octanol–water partition coefficient (Wildman–Crippen LogP) is 19.0. The molecule has 4 heterocycles. The van der Waals surface area contributed by atoms with Gasteiger partial charge >= 0.3 is 0 Å². The maximum Gasteiger partial charge on any atom is 0.0344 e. The molecule has 0 bridgehead atoms. The van der Waals surface area contributed by atoms with Gasteiger partial charge in [0.2, 0.25) is 0 Å². The van der Waals surface area contributed by atoms with E-state index >= 15 is 0 Å². The molecule has 422 valence electrons. The molecule has 0 atom stereocenters. The topological polar surface area (TPSA) is 51.6 Å². The number of rotatable bonds is 9. The van der Waals surface area contributed by atoms with Gasteiger partial charge < -0.3 is 19.9 Å². The molecule has 0 aliphatic rings. The van der Waals surface area contributed by atoms with Crippen LogP contribution in [0.15, 0.2) is 255 Å². The molecular formula is C75H62Ir4N4-4. The van der Waals surface area contributed by atoms with Crippen LogP contribution in [0.25, 0.3) is 89.5 Å². The first-order chi connectivity index (χ1) is 38.7. The summed E-state index contributed by atoms with van der Waals surface area (Å²) in [5.74, 6) is 0. The molecule has 0 aliphatic carbocycles. The molecular weight excluding hydrogens is 1730 g/mol. The third-order valence-corrected chi connectivity index (χ3v) is 13.4. The monoisotopic (exact) mass is 1790 g/mol. The molecule has 0 N–H and O–H groups in total. The Hall–Kier alpha value is -7.04. The van der Waals surface area contributed by atoms with Crippen LogP contribution in [-0.4, -0.2) is 19.9 Å². The first kappa shape index (κ1) is 66.8. The summed E-state index contributed by atoms with van der Waals surface area (Å²) in [5, 5.41) is 0. The molecule has 8 aromatic carbocycles. The van der Waals surface area contributed by atoms with Gasteiger partial charge in [-0.2, -0.15) is 0 Å². The van der Waals surface area contributed by atoms with Crippen LogP contribution in [0.2, 0.25) is 0 Å². The van der Waals surface area contributed by atoms with Gasteiger partial charge in [-0.25, -0.2) is 0 Å². The van der Waals surface area contributed by atoms with Gasteiger partial charge in [0.15, 0.2) is 0 Å². The number of hydrogen-bond donors (Lipinski definition) is 0. The molecule has 4 nitrogen and oxygen atoms in total. The molecule has 4 aromatic heterocycles. The molecule has 12 aromatic rings. The zero-order valence-corrected chi connectivity index (χ0v) is 56.7. The normalized spacial score (nSPS) is 9.95. The van der Waals surface area contributed by atoms with Gasteiger partial charge in [-0.05, 0) is 95.8 Å². The van der Waals surface area contributed by atoms with Crippen LogP contribution in [0.1, 0.15) is 40.4 Å². The third kappa shape index (κ3) is 18.5. The minimum absolute atomic E-state index is 0. The van der Waals surface area contributed by atoms with Crippen LogP contribution in [0, 0.1) is 58.9 Å². The Morgan fingerprint density at radius 1 is 0.313 bits per heavy atom. The molecule has 0 amide bonds. The Morgan fingerprint density at radius 2 is 0.723 bits per heavy atom. The van der Waals surface area contributed by atoms with Gasteiger partial charge in [0.25, 0.3) is 0 Å². The van der Waals surface area contributed by atoms with E-state index < -0.39 is 0 Å². The summed E-state index contributed by atoms with van der Waals surface area (Å²) in [6.45, 7) is 12.7. The summed E-state index contributed by atoms with van der Waals surface area (Å²) < 4.78 is 0. The van der Waals surface area contributed by atoms with E-state index in [0.29, 0.717) is 0 Å². The Morgan fingerprint density at radius 3 is 1.18 bits per heavy atom. The van der Waals surface area contributed by atoms with Gasteiger partial charge in [-0.1, -0.05) is 165 Å². The molecule has 0 unspecified atom stereocenters. The second-order valence-corrected chi connectivity index (χ2v) is 19.3. The summed E-state index contributed by atoms with van der Waals surface area (Å²) in [4.78, 5) is 18.5. The van der Waals surface area contributed by atoms with Gasteiger partial charge in [0.1, 0.15) is 0 Å². The van der Waals surface area contributed by atoms with Gasteiger partial charge in [0.05, 0.1) is 0 Å². The van der Waals surface area contributed by atoms with E-state index in [4.69, 9.17) is 0 Å². The van der Waals surface area contributed by atoms with E-state index in [2.05, 4.69) is 201 Å². The molecule has 0 spiro atoms. The predicted molar refractivity (Wildman–Crippen MR) is 329 cm³/mol. The molecule has 0 saturated heterocycles. The van der Waals surface area contributed by atoms with Crippen LogP contribution < -0.4 is 0 Å². The SMILES string of the molecule is CCc1cc(-c2[c-]cccc2)ncc1-c1ccccc1.Cc1cc(-c2[c-]cccc2)ncc1-c1ccccc1.Cc1cc[c-]c(-c2cc(C)c(-c3cccc(C)c3)cn2)c1.Cc1nc(-c2[c-]cccc2)ccc1-c1ccccc1.[Ir].[Ir].[Ir].[Ir]. The van der Waals surface area contributed by atoms with E-state index in [9.17, 15) is 0 Å². The van der Waals surface area contributed by atoms with Crippen LogP contribution >= 0.6 is 0 Å². The average molecular weight is 1790 g/mol. The van der Waals surface area contributed by atoms with E-state index in [0.717, 1.165) is 57.1 Å². The zero-order chi connectivity index (χ0) is 54.8. The van der Waals surface area contributed by atoms with Crippen molar-refractivity contribution in [1.82, 2.24) is 19.9 Å². The summed E-state index contributed by atoms with van der Waals surface area (Å²) in [5.41, 5.74) is 25.0. The summed E-state index contributed by atoms with van der Waals surface area (Å²) in [6, 6.07) is 93.1. The molecule has 0 fully saturated rings. The van der Waals surface area contributed by atoms with Crippen LogP contribution in [0.4, 0.5) is 0 Å². The molecule has 4 radical (unpaired) electrons. The minimum atomic E-state index is 0. The molecule has 8 heteroatoms. The second-order valence-electron chi connectivity index (χ2n) is 19.3. The fourth-order valence-corrected chi connectivity index (χ4v) is 9.28. The van der Waals surface area contributed by atoms with Crippen molar-refractivity contribution in [2.24, 2.45) is 0 Å². The van der Waals surface area contributed by atoms with Crippen LogP contribution in [0.3, 0.4) is 0 Å². The minimum Gasteiger partial charge on any atom is -0.304 e. The zero-order valence-electron chi connectivity index (χ0n) is 47.1. The van der Waals surface area contributed by atoms with E-state index in [1.54, 1.807) is 0 Å². The molecule has 0 aliphatic heterocycles. The van der Waals surface area contributed by atoms with Crippen molar-refractivity contribution in [1.29, 1.82) is 0 Å². The van der Waals surface area contributed by atoms with Crippen molar-refractivity contribution in [2.75, 3.05) is 0 Å². The van der Waals surface area contributed by atoms with Crippen molar-refractivity contribution >= 4 is 0 Å². The summed E-state index contributed by atoms with van der Waals surface area (Å²) in [6.07, 6.45) is 6.88. The first-order valence-electron chi connectivity index (χ1n) is 26.7. The number of hydrogen-bond acceptors (Lipinski definition) is 4. The van der Waals surface area contributed by atoms with Crippen molar-refractivity contribution in [3.05, 3.63) is 313 Å². The number of nitrogens with zero attached hydrogens (tertiary/aromatic N) is 4. The van der Waals surface area contributed by atoms with Gasteiger partial charge in [0, 0.05) is 127 Å².